The number of hydrogen-bond donors (Lipinski definition) is 0. The van der Waals surface area contributed by atoms with Crippen LogP contribution in [-0.4, -0.2) is 36.5 Å². The molecule has 0 aliphatic rings. The molecule has 0 aromatic heterocycles. The third-order valence-electron chi connectivity index (χ3n) is 2.86. The first kappa shape index (κ1) is 22.6. The number of methoxy groups -OCH3 is 1. The molecule has 0 rings (SSSR count). The summed E-state index contributed by atoms with van der Waals surface area (Å²) in [6.45, 7) is 14.9. The molecule has 0 spiro atoms. The van der Waals surface area contributed by atoms with Crippen LogP contribution in [0.15, 0.2) is 36.0 Å². The summed E-state index contributed by atoms with van der Waals surface area (Å²) in [7, 11) is 1.60. The Morgan fingerprint density at radius 3 is 2.14 bits per heavy atom. The molecule has 0 fully saturated rings. The lowest BCUT2D eigenvalue weighted by Gasteiger charge is -2.20. The van der Waals surface area contributed by atoms with Crippen molar-refractivity contribution in [1.29, 1.82) is 0 Å². The summed E-state index contributed by atoms with van der Waals surface area (Å²) in [4.78, 5) is 25.3. The van der Waals surface area contributed by atoms with Gasteiger partial charge in [-0.1, -0.05) is 37.6 Å². The van der Waals surface area contributed by atoms with Crippen molar-refractivity contribution >= 4 is 11.8 Å². The van der Waals surface area contributed by atoms with Crippen molar-refractivity contribution in [1.82, 2.24) is 4.90 Å². The van der Waals surface area contributed by atoms with Crippen molar-refractivity contribution < 1.29 is 14.3 Å². The number of carbonyl (C=O) groups is 2. The summed E-state index contributed by atoms with van der Waals surface area (Å²) < 4.78 is 5.12. The highest BCUT2D eigenvalue weighted by atomic mass is 16.5. The van der Waals surface area contributed by atoms with E-state index in [4.69, 9.17) is 4.74 Å². The predicted molar refractivity (Wildman–Crippen MR) is 92.5 cm³/mol. The molecule has 22 heavy (non-hydrogen) atoms. The Bertz CT molecular complexity index is 418. The zero-order valence-corrected chi connectivity index (χ0v) is 15.1. The maximum Gasteiger partial charge on any atom is 0.260 e. The van der Waals surface area contributed by atoms with Gasteiger partial charge in [0.05, 0.1) is 6.10 Å². The van der Waals surface area contributed by atoms with Crippen LogP contribution in [0.2, 0.25) is 0 Å². The molecule has 0 aromatic carbocycles. The highest BCUT2D eigenvalue weighted by Gasteiger charge is 2.20. The second-order valence-electron chi connectivity index (χ2n) is 4.77. The molecule has 1 unspecified atom stereocenters. The highest BCUT2D eigenvalue weighted by Crippen LogP contribution is 2.12. The van der Waals surface area contributed by atoms with Crippen molar-refractivity contribution in [2.45, 2.75) is 54.1 Å². The van der Waals surface area contributed by atoms with Crippen molar-refractivity contribution in [3.63, 3.8) is 0 Å². The summed E-state index contributed by atoms with van der Waals surface area (Å²) in [5.74, 6) is -0.539. The van der Waals surface area contributed by atoms with Crippen LogP contribution in [0, 0.1) is 0 Å². The van der Waals surface area contributed by atoms with Gasteiger partial charge in [-0.2, -0.15) is 0 Å². The lowest BCUT2D eigenvalue weighted by Crippen LogP contribution is -2.36. The lowest BCUT2D eigenvalue weighted by atomic mass is 10.1. The fourth-order valence-electron chi connectivity index (χ4n) is 1.53. The van der Waals surface area contributed by atoms with Gasteiger partial charge in [0.15, 0.2) is 0 Å². The Hall–Kier alpha value is -1.68. The molecule has 4 heteroatoms. The van der Waals surface area contributed by atoms with Crippen molar-refractivity contribution in [2.75, 3.05) is 13.7 Å². The monoisotopic (exact) mass is 309 g/mol. The number of allylic oxidation sites excluding steroid dienone is 1. The summed E-state index contributed by atoms with van der Waals surface area (Å²) in [6.07, 6.45) is 5.70. The van der Waals surface area contributed by atoms with Gasteiger partial charge >= 0.3 is 0 Å². The Morgan fingerprint density at radius 1 is 1.23 bits per heavy atom. The fourth-order valence-corrected chi connectivity index (χ4v) is 1.53. The summed E-state index contributed by atoms with van der Waals surface area (Å²) in [6, 6.07) is 0. The second kappa shape index (κ2) is 13.0. The average molecular weight is 309 g/mol. The molecule has 0 heterocycles. The van der Waals surface area contributed by atoms with Crippen LogP contribution in [0.1, 0.15) is 48.0 Å². The number of hydrogen-bond acceptors (Lipinski definition) is 3. The van der Waals surface area contributed by atoms with E-state index in [-0.39, 0.29) is 17.9 Å². The standard InChI is InChI=1S/C16H25NO3.C2H6/c1-7-8-11-17(14(5)18)16(19)15(12(2)3)10-9-13(4)20-6;1-2/h7,9-10,13H,1,8,11H2,2-6H3;1-2H3/b10-9-;. The van der Waals surface area contributed by atoms with E-state index >= 15 is 0 Å². The van der Waals surface area contributed by atoms with E-state index < -0.39 is 0 Å². The summed E-state index contributed by atoms with van der Waals surface area (Å²) in [5.41, 5.74) is 1.38. The zero-order valence-electron chi connectivity index (χ0n) is 15.1. The van der Waals surface area contributed by atoms with Gasteiger partial charge in [-0.3, -0.25) is 14.5 Å². The van der Waals surface area contributed by atoms with E-state index in [2.05, 4.69) is 6.58 Å². The topological polar surface area (TPSA) is 46.6 Å². The second-order valence-corrected chi connectivity index (χ2v) is 4.77. The van der Waals surface area contributed by atoms with Gasteiger partial charge in [-0.15, -0.1) is 6.58 Å². The van der Waals surface area contributed by atoms with E-state index in [1.54, 1.807) is 25.3 Å². The molecule has 0 N–H and O–H groups in total. The number of imide groups is 1. The molecular formula is C18H31NO3. The van der Waals surface area contributed by atoms with Gasteiger partial charge in [0, 0.05) is 26.2 Å². The van der Waals surface area contributed by atoms with E-state index in [1.165, 1.54) is 11.8 Å². The Labute approximate surface area is 135 Å². The summed E-state index contributed by atoms with van der Waals surface area (Å²) >= 11 is 0. The van der Waals surface area contributed by atoms with Gasteiger partial charge in [0.1, 0.15) is 0 Å². The van der Waals surface area contributed by atoms with Crippen LogP contribution in [0.5, 0.6) is 0 Å². The van der Waals surface area contributed by atoms with Crippen LogP contribution in [0.3, 0.4) is 0 Å². The van der Waals surface area contributed by atoms with Gasteiger partial charge in [0.2, 0.25) is 5.91 Å². The zero-order chi connectivity index (χ0) is 17.7. The quantitative estimate of drug-likeness (QED) is 0.407. The third kappa shape index (κ3) is 8.57. The largest absolute Gasteiger partial charge is 0.378 e. The Balaban J connectivity index is 0. The number of nitrogens with zero attached hydrogens (tertiary/aromatic N) is 1. The number of rotatable bonds is 7. The molecule has 0 saturated heterocycles. The molecule has 0 aromatic rings. The van der Waals surface area contributed by atoms with Crippen LogP contribution < -0.4 is 0 Å². The molecule has 4 nitrogen and oxygen atoms in total. The molecule has 0 aliphatic heterocycles. The van der Waals surface area contributed by atoms with E-state index in [9.17, 15) is 9.59 Å². The van der Waals surface area contributed by atoms with Crippen LogP contribution in [-0.2, 0) is 14.3 Å². The summed E-state index contributed by atoms with van der Waals surface area (Å²) in [5, 5.41) is 0. The van der Waals surface area contributed by atoms with Crippen molar-refractivity contribution in [3.8, 4) is 0 Å². The molecule has 0 saturated carbocycles. The van der Waals surface area contributed by atoms with Crippen molar-refractivity contribution in [2.24, 2.45) is 0 Å². The highest BCUT2D eigenvalue weighted by molar-refractivity contribution is 6.05. The Morgan fingerprint density at radius 2 is 1.77 bits per heavy atom. The molecule has 0 aliphatic carbocycles. The number of amides is 2. The lowest BCUT2D eigenvalue weighted by molar-refractivity contribution is -0.140. The minimum atomic E-state index is -0.279. The molecule has 1 atom stereocenters. The van der Waals surface area contributed by atoms with E-state index in [0.717, 1.165) is 5.57 Å². The maximum absolute atomic E-state index is 12.5. The molecule has 2 amide bonds. The minimum absolute atomic E-state index is 0.0869. The van der Waals surface area contributed by atoms with E-state index in [0.29, 0.717) is 18.5 Å². The third-order valence-corrected chi connectivity index (χ3v) is 2.86. The normalized spacial score (nSPS) is 11.2. The van der Waals surface area contributed by atoms with Crippen LogP contribution in [0.4, 0.5) is 0 Å². The van der Waals surface area contributed by atoms with Gasteiger partial charge in [-0.05, 0) is 27.2 Å². The smallest absolute Gasteiger partial charge is 0.260 e. The first-order chi connectivity index (χ1) is 10.3. The minimum Gasteiger partial charge on any atom is -0.378 e. The first-order valence-corrected chi connectivity index (χ1v) is 7.66. The molecule has 0 radical (unpaired) electrons. The fraction of sp³-hybridized carbons (Fsp3) is 0.556. The predicted octanol–water partition coefficient (Wildman–Crippen LogP) is 3.89. The average Bonchev–Trinajstić information content (AvgIpc) is 2.48. The number of carbonyl (C=O) groups excluding carboxylic acids is 2. The first-order valence-electron chi connectivity index (χ1n) is 7.66. The molecule has 0 bridgehead atoms. The van der Waals surface area contributed by atoms with Gasteiger partial charge in [-0.25, -0.2) is 0 Å². The maximum atomic E-state index is 12.5. The number of ether oxygens (including phenoxy) is 1. The molecular weight excluding hydrogens is 278 g/mol. The van der Waals surface area contributed by atoms with E-state index in [1.807, 2.05) is 34.6 Å². The van der Waals surface area contributed by atoms with Crippen LogP contribution >= 0.6 is 0 Å². The van der Waals surface area contributed by atoms with Gasteiger partial charge < -0.3 is 4.74 Å². The SMILES string of the molecule is C=CCCN(C(C)=O)C(=O)C(/C=C\C(C)OC)=C(C)C.CC. The Kier molecular flexibility index (Phi) is 13.4. The van der Waals surface area contributed by atoms with Crippen molar-refractivity contribution in [3.05, 3.63) is 36.0 Å². The van der Waals surface area contributed by atoms with Gasteiger partial charge in [0.25, 0.3) is 5.91 Å². The molecule has 126 valence electrons. The van der Waals surface area contributed by atoms with Crippen LogP contribution in [0.25, 0.3) is 0 Å².